The van der Waals surface area contributed by atoms with Crippen LogP contribution < -0.4 is 27.4 Å². The molecular formula is C45H56N8O5S. The highest BCUT2D eigenvalue weighted by atomic mass is 32.2. The van der Waals surface area contributed by atoms with Crippen LogP contribution in [0.2, 0.25) is 0 Å². The van der Waals surface area contributed by atoms with Gasteiger partial charge in [-0.2, -0.15) is 0 Å². The van der Waals surface area contributed by atoms with E-state index in [1.54, 1.807) is 37.5 Å². The van der Waals surface area contributed by atoms with Crippen molar-refractivity contribution in [3.63, 3.8) is 0 Å². The lowest BCUT2D eigenvalue weighted by Gasteiger charge is -2.32. The van der Waals surface area contributed by atoms with E-state index in [0.717, 1.165) is 43.6 Å². The van der Waals surface area contributed by atoms with Crippen molar-refractivity contribution < 1.29 is 24.3 Å². The van der Waals surface area contributed by atoms with Crippen LogP contribution in [0.15, 0.2) is 101 Å². The van der Waals surface area contributed by atoms with Crippen LogP contribution in [0.25, 0.3) is 22.0 Å². The number of aromatic carboxylic acids is 1. The normalized spacial score (nSPS) is 17.8. The Morgan fingerprint density at radius 3 is 2.36 bits per heavy atom. The molecule has 0 saturated carbocycles. The number of hydrogen-bond acceptors (Lipinski definition) is 9. The fourth-order valence-electron chi connectivity index (χ4n) is 7.17. The number of nitrogens with zero attached hydrogens (tertiary/aromatic N) is 2. The molecule has 14 heteroatoms. The Morgan fingerprint density at radius 1 is 0.864 bits per heavy atom. The third-order valence-corrected chi connectivity index (χ3v) is 11.6. The number of pyridine rings is 1. The van der Waals surface area contributed by atoms with Gasteiger partial charge in [-0.3, -0.25) is 14.4 Å². The largest absolute Gasteiger partial charge is 0.478 e. The molecule has 0 aliphatic carbocycles. The Bertz CT molecular complexity index is 2190. The number of benzene rings is 3. The molecule has 0 bridgehead atoms. The molecule has 3 aromatic carbocycles. The lowest BCUT2D eigenvalue weighted by atomic mass is 9.98. The zero-order valence-corrected chi connectivity index (χ0v) is 34.8. The van der Waals surface area contributed by atoms with Gasteiger partial charge in [-0.1, -0.05) is 74.1 Å². The third kappa shape index (κ3) is 11.4. The van der Waals surface area contributed by atoms with E-state index in [1.807, 2.05) is 74.6 Å². The van der Waals surface area contributed by atoms with E-state index in [0.29, 0.717) is 56.8 Å². The number of likely N-dealkylation sites (N-methyl/N-ethyl adjacent to an activating group) is 1. The summed E-state index contributed by atoms with van der Waals surface area (Å²) in [6.45, 7) is 5.25. The summed E-state index contributed by atoms with van der Waals surface area (Å²) in [7, 11) is 1.61. The average Bonchev–Trinajstić information content (AvgIpc) is 3.67. The summed E-state index contributed by atoms with van der Waals surface area (Å²) in [4.78, 5) is 65.3. The van der Waals surface area contributed by atoms with Crippen molar-refractivity contribution in [1.82, 2.24) is 30.8 Å². The van der Waals surface area contributed by atoms with Crippen molar-refractivity contribution in [3.05, 3.63) is 114 Å². The van der Waals surface area contributed by atoms with E-state index in [9.17, 15) is 24.3 Å². The maximum Gasteiger partial charge on any atom is 0.335 e. The molecule has 3 atom stereocenters. The maximum absolute atomic E-state index is 14.6. The van der Waals surface area contributed by atoms with Gasteiger partial charge in [0, 0.05) is 54.8 Å². The van der Waals surface area contributed by atoms with E-state index in [2.05, 4.69) is 20.9 Å². The molecule has 59 heavy (non-hydrogen) atoms. The summed E-state index contributed by atoms with van der Waals surface area (Å²) < 4.78 is 0. The predicted octanol–water partition coefficient (Wildman–Crippen LogP) is 5.62. The van der Waals surface area contributed by atoms with Gasteiger partial charge in [0.25, 0.3) is 0 Å². The fourth-order valence-corrected chi connectivity index (χ4v) is 8.22. The Kier molecular flexibility index (Phi) is 16.6. The topological polar surface area (TPSA) is 209 Å². The number of aromatic amines is 1. The van der Waals surface area contributed by atoms with Crippen LogP contribution in [0, 0.1) is 0 Å². The SMILES string of the molecule is CC.CN1C(=O)C(CCCCN)NC(=O)C(CCCN)NCc2cccnc2Sc2cccc(-c3ccc(C(=O)O)cc3)c2CNC(=O)C1Cc1c[nH]c2ccccc12. The summed E-state index contributed by atoms with van der Waals surface area (Å²) in [5, 5.41) is 20.8. The molecule has 3 heterocycles. The van der Waals surface area contributed by atoms with Crippen LogP contribution in [-0.2, 0) is 33.9 Å². The molecule has 9 N–H and O–H groups in total. The highest BCUT2D eigenvalue weighted by Gasteiger charge is 2.34. The monoisotopic (exact) mass is 820 g/mol. The first-order chi connectivity index (χ1) is 28.7. The fraction of sp³-hybridized carbons (Fsp3) is 0.356. The summed E-state index contributed by atoms with van der Waals surface area (Å²) >= 11 is 1.44. The Hall–Kier alpha value is -5.54. The zero-order valence-electron chi connectivity index (χ0n) is 34.0. The number of nitrogens with one attached hydrogen (secondary N) is 4. The van der Waals surface area contributed by atoms with Gasteiger partial charge in [0.15, 0.2) is 0 Å². The lowest BCUT2D eigenvalue weighted by molar-refractivity contribution is -0.142. The van der Waals surface area contributed by atoms with Crippen LogP contribution in [-0.4, -0.2) is 81.9 Å². The standard InChI is InChI=1S/C43H50N8O5S.C2H6/c1-51-37(23-30-25-47-34-12-3-2-10-32(30)34)40(53)49-26-33-31(27-16-18-28(19-17-27)43(55)56)11-6-15-38(33)57-41-29(9-8-22-46-41)24-48-35(14-7-21-45)39(52)50-36(42(51)54)13-4-5-20-44;1-2/h2-3,6,8-12,15-19,22,25,35-37,47-48H,4-5,7,13-14,20-21,23-24,26,44-45H2,1H3,(H,49,53)(H,50,52)(H,55,56);1-2H3. The van der Waals surface area contributed by atoms with Crippen LogP contribution >= 0.6 is 11.8 Å². The van der Waals surface area contributed by atoms with Crippen molar-refractivity contribution in [2.24, 2.45) is 11.5 Å². The smallest absolute Gasteiger partial charge is 0.335 e. The number of amides is 3. The number of carbonyl (C=O) groups excluding carboxylic acids is 3. The minimum absolute atomic E-state index is 0.0999. The summed E-state index contributed by atoms with van der Waals surface area (Å²) in [6.07, 6.45) is 6.43. The van der Waals surface area contributed by atoms with Crippen LogP contribution in [0.4, 0.5) is 0 Å². The van der Waals surface area contributed by atoms with Crippen molar-refractivity contribution in [1.29, 1.82) is 0 Å². The van der Waals surface area contributed by atoms with Crippen molar-refractivity contribution in [2.45, 2.75) is 93.5 Å². The number of rotatable bonds is 11. The number of nitrogens with two attached hydrogens (primary N) is 2. The number of hydrogen-bond donors (Lipinski definition) is 7. The lowest BCUT2D eigenvalue weighted by Crippen LogP contribution is -2.57. The molecule has 6 rings (SSSR count). The molecule has 5 aromatic rings. The van der Waals surface area contributed by atoms with E-state index >= 15 is 0 Å². The summed E-state index contributed by atoms with van der Waals surface area (Å²) in [5.74, 6) is -2.11. The van der Waals surface area contributed by atoms with Gasteiger partial charge in [-0.25, -0.2) is 9.78 Å². The summed E-state index contributed by atoms with van der Waals surface area (Å²) in [5.41, 5.74) is 16.9. The van der Waals surface area contributed by atoms with E-state index in [-0.39, 0.29) is 36.3 Å². The molecular weight excluding hydrogens is 765 g/mol. The number of para-hydroxylation sites is 1. The first kappa shape index (κ1) is 44.6. The first-order valence-corrected chi connectivity index (χ1v) is 21.1. The van der Waals surface area contributed by atoms with Crippen molar-refractivity contribution in [2.75, 3.05) is 20.1 Å². The Balaban J connectivity index is 0.00000326. The van der Waals surface area contributed by atoms with Crippen LogP contribution in [0.5, 0.6) is 0 Å². The Labute approximate surface area is 350 Å². The summed E-state index contributed by atoms with van der Waals surface area (Å²) in [6, 6.07) is 21.5. The third-order valence-electron chi connectivity index (χ3n) is 10.4. The van der Waals surface area contributed by atoms with E-state index in [1.165, 1.54) is 16.7 Å². The second kappa shape index (κ2) is 22.0. The van der Waals surface area contributed by atoms with Gasteiger partial charge in [0.05, 0.1) is 11.6 Å². The van der Waals surface area contributed by atoms with Gasteiger partial charge in [-0.15, -0.1) is 0 Å². The van der Waals surface area contributed by atoms with Crippen molar-refractivity contribution in [3.8, 4) is 11.1 Å². The molecule has 312 valence electrons. The zero-order chi connectivity index (χ0) is 42.3. The van der Waals surface area contributed by atoms with E-state index < -0.39 is 24.1 Å². The van der Waals surface area contributed by atoms with Crippen LogP contribution in [0.3, 0.4) is 0 Å². The number of fused-ring (bicyclic) bond motifs is 3. The predicted molar refractivity (Wildman–Crippen MR) is 233 cm³/mol. The molecule has 3 unspecified atom stereocenters. The number of carboxylic acid groups (broad SMARTS) is 1. The minimum Gasteiger partial charge on any atom is -0.478 e. The molecule has 2 aromatic heterocycles. The maximum atomic E-state index is 14.6. The molecule has 3 amide bonds. The van der Waals surface area contributed by atoms with E-state index in [4.69, 9.17) is 16.5 Å². The highest BCUT2D eigenvalue weighted by Crippen LogP contribution is 2.37. The highest BCUT2D eigenvalue weighted by molar-refractivity contribution is 7.99. The van der Waals surface area contributed by atoms with Gasteiger partial charge < -0.3 is 42.4 Å². The van der Waals surface area contributed by atoms with Gasteiger partial charge >= 0.3 is 5.97 Å². The molecule has 0 fully saturated rings. The first-order valence-electron chi connectivity index (χ1n) is 20.3. The second-order valence-corrected chi connectivity index (χ2v) is 15.2. The number of carbonyl (C=O) groups is 4. The molecule has 0 saturated heterocycles. The van der Waals surface area contributed by atoms with Gasteiger partial charge in [0.2, 0.25) is 17.7 Å². The molecule has 1 aliphatic rings. The number of H-pyrrole nitrogens is 1. The quantitative estimate of drug-likeness (QED) is 0.0819. The molecule has 1 aliphatic heterocycles. The second-order valence-electron chi connectivity index (χ2n) is 14.2. The van der Waals surface area contributed by atoms with Gasteiger partial charge in [-0.05, 0) is 103 Å². The molecule has 0 spiro atoms. The number of carboxylic acids is 1. The van der Waals surface area contributed by atoms with Crippen molar-refractivity contribution >= 4 is 46.4 Å². The molecule has 13 nitrogen and oxygen atoms in total. The van der Waals surface area contributed by atoms with Crippen LogP contribution in [0.1, 0.15) is 73.0 Å². The minimum atomic E-state index is -1.03. The molecule has 0 radical (unpaired) electrons. The number of unbranched alkanes of at least 4 members (excludes halogenated alkanes) is 1. The Morgan fingerprint density at radius 2 is 1.61 bits per heavy atom. The average molecular weight is 821 g/mol. The number of aromatic nitrogens is 2. The van der Waals surface area contributed by atoms with Gasteiger partial charge in [0.1, 0.15) is 17.1 Å².